The van der Waals surface area contributed by atoms with Crippen molar-refractivity contribution in [1.29, 1.82) is 0 Å². The Hall–Kier alpha value is -2.23. The summed E-state index contributed by atoms with van der Waals surface area (Å²) in [4.78, 5) is 31.1. The third-order valence-corrected chi connectivity index (χ3v) is 5.15. The molecule has 0 aromatic carbocycles. The van der Waals surface area contributed by atoms with Gasteiger partial charge in [-0.25, -0.2) is 0 Å². The number of pyridine rings is 1. The summed E-state index contributed by atoms with van der Waals surface area (Å²) < 4.78 is 0. The first-order chi connectivity index (χ1) is 10.6. The van der Waals surface area contributed by atoms with E-state index in [2.05, 4.69) is 31.0 Å². The minimum Gasteiger partial charge on any atom is -0.277 e. The van der Waals surface area contributed by atoms with Crippen molar-refractivity contribution in [2.24, 2.45) is 23.7 Å². The van der Waals surface area contributed by atoms with Crippen molar-refractivity contribution in [2.45, 2.75) is 20.4 Å². The van der Waals surface area contributed by atoms with Crippen LogP contribution in [0, 0.1) is 23.7 Å². The summed E-state index contributed by atoms with van der Waals surface area (Å²) in [5.41, 5.74) is 3.43. The number of hydrogen-bond acceptors (Lipinski definition) is 3. The van der Waals surface area contributed by atoms with Crippen LogP contribution < -0.4 is 0 Å². The van der Waals surface area contributed by atoms with Gasteiger partial charge in [-0.2, -0.15) is 0 Å². The molecular weight excluding hydrogens is 276 g/mol. The molecule has 3 aliphatic rings. The molecule has 2 aliphatic carbocycles. The third-order valence-electron chi connectivity index (χ3n) is 5.15. The Bertz CT molecular complexity index is 682. The standard InChI is InChI=1S/C18H18N2O2/c1-10(2)14-12-5-6-13(14)16-15(12)17(21)20(18(16)22)9-11-4-3-7-19-8-11/h3-8,12-13,15-16H,9H2,1-2H3/t12-,13-,15-,16+/m1/s1. The van der Waals surface area contributed by atoms with Crippen LogP contribution in [0.5, 0.6) is 0 Å². The average Bonchev–Trinajstić information content (AvgIpc) is 3.14. The van der Waals surface area contributed by atoms with E-state index in [1.54, 1.807) is 12.4 Å². The zero-order valence-electron chi connectivity index (χ0n) is 12.7. The lowest BCUT2D eigenvalue weighted by atomic mass is 9.85. The summed E-state index contributed by atoms with van der Waals surface area (Å²) in [5, 5.41) is 0. The van der Waals surface area contributed by atoms with E-state index in [1.807, 2.05) is 12.1 Å². The molecule has 1 aromatic heterocycles. The van der Waals surface area contributed by atoms with Crippen molar-refractivity contribution in [3.63, 3.8) is 0 Å². The fraction of sp³-hybridized carbons (Fsp3) is 0.389. The topological polar surface area (TPSA) is 50.3 Å². The Morgan fingerprint density at radius 1 is 1.14 bits per heavy atom. The molecule has 2 amide bonds. The van der Waals surface area contributed by atoms with Crippen LogP contribution in [0.25, 0.3) is 0 Å². The maximum atomic E-state index is 12.8. The molecule has 1 aromatic rings. The molecule has 112 valence electrons. The van der Waals surface area contributed by atoms with Crippen LogP contribution in [0.15, 0.2) is 47.8 Å². The number of hydrogen-bond donors (Lipinski definition) is 0. The molecule has 4 atom stereocenters. The maximum Gasteiger partial charge on any atom is 0.234 e. The van der Waals surface area contributed by atoms with E-state index in [0.717, 1.165) is 5.56 Å². The lowest BCUT2D eigenvalue weighted by molar-refractivity contribution is -0.141. The molecule has 4 rings (SSSR count). The van der Waals surface area contributed by atoms with Gasteiger partial charge in [-0.1, -0.05) is 29.4 Å². The summed E-state index contributed by atoms with van der Waals surface area (Å²) in [6, 6.07) is 3.73. The number of nitrogens with zero attached hydrogens (tertiary/aromatic N) is 2. The zero-order valence-corrected chi connectivity index (χ0v) is 12.7. The second kappa shape index (κ2) is 4.63. The second-order valence-electron chi connectivity index (χ2n) is 6.57. The Morgan fingerprint density at radius 2 is 1.77 bits per heavy atom. The van der Waals surface area contributed by atoms with E-state index in [9.17, 15) is 9.59 Å². The van der Waals surface area contributed by atoms with E-state index in [4.69, 9.17) is 0 Å². The molecule has 0 unspecified atom stereocenters. The van der Waals surface area contributed by atoms with E-state index in [1.165, 1.54) is 16.0 Å². The van der Waals surface area contributed by atoms with E-state index < -0.39 is 0 Å². The summed E-state index contributed by atoms with van der Waals surface area (Å²) >= 11 is 0. The summed E-state index contributed by atoms with van der Waals surface area (Å²) in [7, 11) is 0. The van der Waals surface area contributed by atoms with Gasteiger partial charge in [-0.05, 0) is 25.5 Å². The first-order valence-corrected chi connectivity index (χ1v) is 7.69. The second-order valence-corrected chi connectivity index (χ2v) is 6.57. The fourth-order valence-corrected chi connectivity index (χ4v) is 4.32. The van der Waals surface area contributed by atoms with Gasteiger partial charge in [0.05, 0.1) is 18.4 Å². The SMILES string of the molecule is CC(C)=C1[C@H]2C=C[C@H]1[C@H]1C(=O)N(Cc3cccnc3)C(=O)[C@H]12. The van der Waals surface area contributed by atoms with Gasteiger partial charge in [-0.15, -0.1) is 0 Å². The number of likely N-dealkylation sites (tertiary alicyclic amines) is 1. The van der Waals surface area contributed by atoms with Crippen molar-refractivity contribution in [3.05, 3.63) is 53.4 Å². The number of carbonyl (C=O) groups is 2. The van der Waals surface area contributed by atoms with Gasteiger partial charge in [0.25, 0.3) is 0 Å². The van der Waals surface area contributed by atoms with Crippen LogP contribution in [0.1, 0.15) is 19.4 Å². The minimum atomic E-state index is -0.191. The lowest BCUT2D eigenvalue weighted by Gasteiger charge is -2.19. The molecule has 2 bridgehead atoms. The van der Waals surface area contributed by atoms with Crippen molar-refractivity contribution in [3.8, 4) is 0 Å². The van der Waals surface area contributed by atoms with Gasteiger partial charge in [0.15, 0.2) is 0 Å². The van der Waals surface area contributed by atoms with Crippen LogP contribution in [0.3, 0.4) is 0 Å². The quantitative estimate of drug-likeness (QED) is 0.621. The van der Waals surface area contributed by atoms with Crippen LogP contribution >= 0.6 is 0 Å². The number of imide groups is 1. The molecule has 2 fully saturated rings. The highest BCUT2D eigenvalue weighted by Gasteiger charge is 2.61. The van der Waals surface area contributed by atoms with E-state index >= 15 is 0 Å². The van der Waals surface area contributed by atoms with Gasteiger partial charge in [0, 0.05) is 24.2 Å². The lowest BCUT2D eigenvalue weighted by Crippen LogP contribution is -2.32. The van der Waals surface area contributed by atoms with Gasteiger partial charge >= 0.3 is 0 Å². The third kappa shape index (κ3) is 1.67. The van der Waals surface area contributed by atoms with Crippen molar-refractivity contribution in [2.75, 3.05) is 0 Å². The van der Waals surface area contributed by atoms with Gasteiger partial charge in [-0.3, -0.25) is 19.5 Å². The number of carbonyl (C=O) groups excluding carboxylic acids is 2. The molecule has 4 nitrogen and oxygen atoms in total. The number of rotatable bonds is 2. The van der Waals surface area contributed by atoms with Crippen molar-refractivity contribution in [1.82, 2.24) is 9.88 Å². The van der Waals surface area contributed by atoms with Gasteiger partial charge < -0.3 is 0 Å². The predicted octanol–water partition coefficient (Wildman–Crippen LogP) is 2.33. The molecule has 1 saturated carbocycles. The molecule has 4 heteroatoms. The molecular formula is C18H18N2O2. The number of fused-ring (bicyclic) bond motifs is 5. The van der Waals surface area contributed by atoms with Crippen LogP contribution in [0.4, 0.5) is 0 Å². The van der Waals surface area contributed by atoms with Crippen LogP contribution in [-0.4, -0.2) is 21.7 Å². The maximum absolute atomic E-state index is 12.8. The molecule has 0 spiro atoms. The predicted molar refractivity (Wildman–Crippen MR) is 81.3 cm³/mol. The normalized spacial score (nSPS) is 32.1. The minimum absolute atomic E-state index is 0.0190. The first kappa shape index (κ1) is 13.4. The van der Waals surface area contributed by atoms with Crippen molar-refractivity contribution >= 4 is 11.8 Å². The smallest absolute Gasteiger partial charge is 0.234 e. The Labute approximate surface area is 129 Å². The summed E-state index contributed by atoms with van der Waals surface area (Å²) in [6.07, 6.45) is 7.64. The fourth-order valence-electron chi connectivity index (χ4n) is 4.32. The molecule has 1 saturated heterocycles. The monoisotopic (exact) mass is 294 g/mol. The Balaban J connectivity index is 1.66. The molecule has 1 aliphatic heterocycles. The van der Waals surface area contributed by atoms with Crippen LogP contribution in [0.2, 0.25) is 0 Å². The molecule has 22 heavy (non-hydrogen) atoms. The summed E-state index contributed by atoms with van der Waals surface area (Å²) in [6.45, 7) is 4.49. The molecule has 2 heterocycles. The highest BCUT2D eigenvalue weighted by Crippen LogP contribution is 2.56. The van der Waals surface area contributed by atoms with E-state index in [0.29, 0.717) is 6.54 Å². The summed E-state index contributed by atoms with van der Waals surface area (Å²) in [5.74, 6) is -0.178. The van der Waals surface area contributed by atoms with Crippen LogP contribution in [-0.2, 0) is 16.1 Å². The molecule has 0 N–H and O–H groups in total. The Kier molecular flexibility index (Phi) is 2.83. The number of aromatic nitrogens is 1. The highest BCUT2D eigenvalue weighted by molar-refractivity contribution is 6.07. The van der Waals surface area contributed by atoms with Gasteiger partial charge in [0.1, 0.15) is 0 Å². The number of allylic oxidation sites excluding steroid dienone is 4. The zero-order chi connectivity index (χ0) is 15.4. The Morgan fingerprint density at radius 3 is 2.27 bits per heavy atom. The van der Waals surface area contributed by atoms with E-state index in [-0.39, 0.29) is 35.5 Å². The van der Waals surface area contributed by atoms with Gasteiger partial charge in [0.2, 0.25) is 11.8 Å². The highest BCUT2D eigenvalue weighted by atomic mass is 16.2. The average molecular weight is 294 g/mol. The molecule has 0 radical (unpaired) electrons. The van der Waals surface area contributed by atoms with Crippen molar-refractivity contribution < 1.29 is 9.59 Å². The number of amides is 2. The largest absolute Gasteiger partial charge is 0.277 e. The first-order valence-electron chi connectivity index (χ1n) is 7.69.